The first-order valence-corrected chi connectivity index (χ1v) is 12.2. The molecule has 0 radical (unpaired) electrons. The Morgan fingerprint density at radius 3 is 2.29 bits per heavy atom. The van der Waals surface area contributed by atoms with Gasteiger partial charge >= 0.3 is 0 Å². The van der Waals surface area contributed by atoms with E-state index in [0.29, 0.717) is 49.0 Å². The Kier molecular flexibility index (Phi) is 6.96. The number of ether oxygens (including phenoxy) is 2. The molecule has 0 amide bonds. The van der Waals surface area contributed by atoms with Crippen molar-refractivity contribution in [1.82, 2.24) is 0 Å². The second-order valence-corrected chi connectivity index (χ2v) is 9.59. The summed E-state index contributed by atoms with van der Waals surface area (Å²) in [5.41, 5.74) is 3.26. The van der Waals surface area contributed by atoms with Crippen LogP contribution in [0.2, 0.25) is 0 Å². The second kappa shape index (κ2) is 10.1. The highest BCUT2D eigenvalue weighted by Gasteiger charge is 2.28. The average molecular weight is 483 g/mol. The van der Waals surface area contributed by atoms with E-state index in [9.17, 15) is 13.9 Å². The summed E-state index contributed by atoms with van der Waals surface area (Å²) in [5, 5.41) is 9.65. The highest BCUT2D eigenvalue weighted by atomic mass is 19.2. The average Bonchev–Trinajstić information content (AvgIpc) is 3.71. The predicted molar refractivity (Wildman–Crippen MR) is 127 cm³/mol. The van der Waals surface area contributed by atoms with Crippen molar-refractivity contribution in [2.24, 2.45) is 0 Å². The third kappa shape index (κ3) is 5.30. The maximum Gasteiger partial charge on any atom is 0.166 e. The van der Waals surface area contributed by atoms with E-state index in [4.69, 9.17) is 9.47 Å². The van der Waals surface area contributed by atoms with Crippen LogP contribution in [0.3, 0.4) is 0 Å². The van der Waals surface area contributed by atoms with Crippen molar-refractivity contribution in [3.8, 4) is 11.1 Å². The molecule has 1 saturated carbocycles. The van der Waals surface area contributed by atoms with E-state index < -0.39 is 17.7 Å². The van der Waals surface area contributed by atoms with E-state index in [-0.39, 0.29) is 36.1 Å². The smallest absolute Gasteiger partial charge is 0.166 e. The zero-order valence-electron chi connectivity index (χ0n) is 19.6. The summed E-state index contributed by atoms with van der Waals surface area (Å²) in [4.78, 5) is 0. The molecule has 2 atom stereocenters. The molecule has 1 aliphatic heterocycles. The van der Waals surface area contributed by atoms with Gasteiger partial charge in [0.1, 0.15) is 11.9 Å². The molecule has 0 bridgehead atoms. The van der Waals surface area contributed by atoms with Gasteiger partial charge in [0.15, 0.2) is 11.6 Å². The summed E-state index contributed by atoms with van der Waals surface area (Å²) < 4.78 is 55.5. The number of rotatable bonds is 7. The van der Waals surface area contributed by atoms with Crippen molar-refractivity contribution in [3.63, 3.8) is 0 Å². The van der Waals surface area contributed by atoms with Gasteiger partial charge < -0.3 is 14.6 Å². The van der Waals surface area contributed by atoms with Crippen LogP contribution in [0.1, 0.15) is 73.0 Å². The van der Waals surface area contributed by atoms with E-state index in [2.05, 4.69) is 0 Å². The van der Waals surface area contributed by atoms with E-state index in [1.807, 2.05) is 6.07 Å². The van der Waals surface area contributed by atoms with Gasteiger partial charge in [-0.3, -0.25) is 0 Å². The van der Waals surface area contributed by atoms with Gasteiger partial charge in [0.05, 0.1) is 25.4 Å². The molecule has 2 unspecified atom stereocenters. The van der Waals surface area contributed by atoms with Crippen LogP contribution in [0, 0.1) is 17.5 Å². The Labute approximate surface area is 203 Å². The molecule has 1 aliphatic carbocycles. The Hall–Kier alpha value is -2.67. The summed E-state index contributed by atoms with van der Waals surface area (Å²) in [7, 11) is 0. The highest BCUT2D eigenvalue weighted by Crippen LogP contribution is 2.38. The standard InChI is InChI=1S/C29H29F3O3/c1-17(33)18-2-4-19(5-3-18)24-12-13-25(29(32)28(24)31)20-8-10-23(11-9-20)34-15-22-7-6-21(14-26(22)30)27-16-35-27/h2-7,12-14,17,20,23,27,33H,8-11,15-16H2,1H3. The van der Waals surface area contributed by atoms with Gasteiger partial charge in [-0.15, -0.1) is 0 Å². The first kappa shape index (κ1) is 24.0. The van der Waals surface area contributed by atoms with Crippen LogP contribution in [0.25, 0.3) is 11.1 Å². The summed E-state index contributed by atoms with van der Waals surface area (Å²) in [6.07, 6.45) is 2.16. The molecule has 1 heterocycles. The second-order valence-electron chi connectivity index (χ2n) is 9.59. The highest BCUT2D eigenvalue weighted by molar-refractivity contribution is 5.65. The first-order valence-electron chi connectivity index (χ1n) is 12.2. The molecular formula is C29H29F3O3. The van der Waals surface area contributed by atoms with Gasteiger partial charge in [0, 0.05) is 11.1 Å². The molecular weight excluding hydrogens is 453 g/mol. The minimum atomic E-state index is -0.846. The molecule has 2 fully saturated rings. The lowest BCUT2D eigenvalue weighted by Gasteiger charge is -2.29. The molecule has 3 nitrogen and oxygen atoms in total. The molecule has 5 rings (SSSR count). The van der Waals surface area contributed by atoms with Crippen molar-refractivity contribution in [2.75, 3.05) is 6.61 Å². The molecule has 0 spiro atoms. The fourth-order valence-corrected chi connectivity index (χ4v) is 4.91. The molecule has 0 aromatic heterocycles. The van der Waals surface area contributed by atoms with Gasteiger partial charge in [0.25, 0.3) is 0 Å². The van der Waals surface area contributed by atoms with E-state index >= 15 is 4.39 Å². The maximum atomic E-state index is 15.0. The van der Waals surface area contributed by atoms with Crippen LogP contribution < -0.4 is 0 Å². The quantitative estimate of drug-likeness (QED) is 0.364. The van der Waals surface area contributed by atoms with Crippen LogP contribution in [-0.4, -0.2) is 17.8 Å². The van der Waals surface area contributed by atoms with E-state index in [1.165, 1.54) is 6.07 Å². The third-order valence-electron chi connectivity index (χ3n) is 7.19. The molecule has 35 heavy (non-hydrogen) atoms. The van der Waals surface area contributed by atoms with Gasteiger partial charge in [-0.05, 0) is 66.8 Å². The Morgan fingerprint density at radius 1 is 0.943 bits per heavy atom. The lowest BCUT2D eigenvalue weighted by molar-refractivity contribution is 0.0118. The Bertz CT molecular complexity index is 1180. The summed E-state index contributed by atoms with van der Waals surface area (Å²) in [6, 6.07) is 15.3. The zero-order valence-corrected chi connectivity index (χ0v) is 19.6. The molecule has 1 N–H and O–H groups in total. The van der Waals surface area contributed by atoms with Gasteiger partial charge in [-0.25, -0.2) is 13.2 Å². The molecule has 2 aliphatic rings. The maximum absolute atomic E-state index is 15.0. The number of benzene rings is 3. The Balaban J connectivity index is 1.19. The molecule has 1 saturated heterocycles. The monoisotopic (exact) mass is 482 g/mol. The number of halogens is 3. The van der Waals surface area contributed by atoms with Gasteiger partial charge in [-0.1, -0.05) is 48.5 Å². The van der Waals surface area contributed by atoms with Crippen LogP contribution in [-0.2, 0) is 16.1 Å². The number of hydrogen-bond donors (Lipinski definition) is 1. The van der Waals surface area contributed by atoms with Crippen LogP contribution in [0.4, 0.5) is 13.2 Å². The van der Waals surface area contributed by atoms with Gasteiger partial charge in [-0.2, -0.15) is 0 Å². The lowest BCUT2D eigenvalue weighted by atomic mass is 9.82. The van der Waals surface area contributed by atoms with Crippen molar-refractivity contribution >= 4 is 0 Å². The van der Waals surface area contributed by atoms with Crippen molar-refractivity contribution in [2.45, 2.75) is 63.4 Å². The van der Waals surface area contributed by atoms with Gasteiger partial charge in [0.2, 0.25) is 0 Å². The number of aliphatic hydroxyl groups is 1. The third-order valence-corrected chi connectivity index (χ3v) is 7.19. The summed E-state index contributed by atoms with van der Waals surface area (Å²) in [5.74, 6) is -2.01. The predicted octanol–water partition coefficient (Wildman–Crippen LogP) is 7.14. The van der Waals surface area contributed by atoms with Crippen molar-refractivity contribution in [3.05, 3.63) is 94.3 Å². The van der Waals surface area contributed by atoms with Crippen LogP contribution >= 0.6 is 0 Å². The van der Waals surface area contributed by atoms with Crippen LogP contribution in [0.5, 0.6) is 0 Å². The number of hydrogen-bond acceptors (Lipinski definition) is 3. The molecule has 3 aromatic carbocycles. The minimum absolute atomic E-state index is 0.0182. The Morgan fingerprint density at radius 2 is 1.66 bits per heavy atom. The topological polar surface area (TPSA) is 42.0 Å². The lowest BCUT2D eigenvalue weighted by Crippen LogP contribution is -2.21. The van der Waals surface area contributed by atoms with E-state index in [0.717, 1.165) is 11.1 Å². The fraction of sp³-hybridized carbons (Fsp3) is 0.379. The van der Waals surface area contributed by atoms with E-state index in [1.54, 1.807) is 49.4 Å². The summed E-state index contributed by atoms with van der Waals surface area (Å²) >= 11 is 0. The number of epoxide rings is 1. The van der Waals surface area contributed by atoms with Crippen molar-refractivity contribution < 1.29 is 27.8 Å². The zero-order chi connectivity index (χ0) is 24.5. The van der Waals surface area contributed by atoms with Crippen LogP contribution in [0.15, 0.2) is 54.6 Å². The summed E-state index contributed by atoms with van der Waals surface area (Å²) in [6.45, 7) is 2.49. The fourth-order valence-electron chi connectivity index (χ4n) is 4.91. The minimum Gasteiger partial charge on any atom is -0.389 e. The SMILES string of the molecule is CC(O)c1ccc(-c2ccc(C3CCC(OCc4ccc(C5CO5)cc4F)CC3)c(F)c2F)cc1. The number of aliphatic hydroxyl groups excluding tert-OH is 1. The largest absolute Gasteiger partial charge is 0.389 e. The molecule has 6 heteroatoms. The van der Waals surface area contributed by atoms with Crippen molar-refractivity contribution in [1.29, 1.82) is 0 Å². The molecule has 3 aromatic rings. The molecule has 184 valence electrons. The normalized spacial score (nSPS) is 22.7. The first-order chi connectivity index (χ1) is 16.9.